The van der Waals surface area contributed by atoms with Crippen molar-refractivity contribution in [2.24, 2.45) is 0 Å². The van der Waals surface area contributed by atoms with Gasteiger partial charge in [0.05, 0.1) is 12.2 Å². The van der Waals surface area contributed by atoms with E-state index in [1.807, 2.05) is 63.2 Å². The topological polar surface area (TPSA) is 46.5 Å². The number of rotatable bonds is 5. The van der Waals surface area contributed by atoms with E-state index < -0.39 is 5.97 Å². The average molecular weight is 296 g/mol. The minimum atomic E-state index is -0.944. The van der Waals surface area contributed by atoms with Gasteiger partial charge in [-0.1, -0.05) is 42.0 Å². The molecule has 22 heavy (non-hydrogen) atoms. The van der Waals surface area contributed by atoms with Crippen molar-refractivity contribution in [1.29, 1.82) is 0 Å². The van der Waals surface area contributed by atoms with Crippen LogP contribution in [0, 0.1) is 13.8 Å². The van der Waals surface area contributed by atoms with Crippen LogP contribution < -0.4 is 4.74 Å². The highest BCUT2D eigenvalue weighted by Gasteiger charge is 2.14. The van der Waals surface area contributed by atoms with E-state index in [2.05, 4.69) is 0 Å². The fourth-order valence-corrected chi connectivity index (χ4v) is 2.32. The summed E-state index contributed by atoms with van der Waals surface area (Å²) < 4.78 is 5.57. The lowest BCUT2D eigenvalue weighted by Gasteiger charge is -2.11. The summed E-state index contributed by atoms with van der Waals surface area (Å²) in [5, 5.41) is 9.62. The molecule has 2 rings (SSSR count). The summed E-state index contributed by atoms with van der Waals surface area (Å²) in [5.74, 6) is -0.256. The monoisotopic (exact) mass is 296 g/mol. The molecule has 114 valence electrons. The van der Waals surface area contributed by atoms with Gasteiger partial charge in [-0.15, -0.1) is 0 Å². The Morgan fingerprint density at radius 1 is 1.18 bits per heavy atom. The minimum absolute atomic E-state index is 0.272. The molecular weight excluding hydrogens is 276 g/mol. The van der Waals surface area contributed by atoms with Gasteiger partial charge in [-0.3, -0.25) is 0 Å². The lowest BCUT2D eigenvalue weighted by molar-refractivity contribution is -0.130. The molecule has 3 nitrogen and oxygen atoms in total. The Hall–Kier alpha value is -2.55. The molecule has 0 aliphatic carbocycles. The van der Waals surface area contributed by atoms with Gasteiger partial charge < -0.3 is 9.84 Å². The van der Waals surface area contributed by atoms with E-state index in [1.165, 1.54) is 0 Å². The lowest BCUT2D eigenvalue weighted by atomic mass is 9.96. The number of carboxylic acid groups (broad SMARTS) is 1. The molecule has 0 fully saturated rings. The first-order chi connectivity index (χ1) is 10.5. The van der Waals surface area contributed by atoms with Crippen molar-refractivity contribution >= 4 is 17.6 Å². The number of aryl methyl sites for hydroxylation is 2. The molecule has 0 heterocycles. The molecule has 0 unspecified atom stereocenters. The van der Waals surface area contributed by atoms with Crippen molar-refractivity contribution in [3.8, 4) is 5.75 Å². The summed E-state index contributed by atoms with van der Waals surface area (Å²) in [6.07, 6.45) is 1.68. The van der Waals surface area contributed by atoms with E-state index >= 15 is 0 Å². The Morgan fingerprint density at radius 3 is 2.59 bits per heavy atom. The predicted octanol–water partition coefficient (Wildman–Crippen LogP) is 4.33. The van der Waals surface area contributed by atoms with E-state index in [0.717, 1.165) is 22.3 Å². The Balaban J connectivity index is 2.58. The van der Waals surface area contributed by atoms with E-state index in [-0.39, 0.29) is 5.57 Å². The van der Waals surface area contributed by atoms with Crippen molar-refractivity contribution in [2.75, 3.05) is 6.61 Å². The van der Waals surface area contributed by atoms with Crippen LogP contribution in [0.4, 0.5) is 0 Å². The van der Waals surface area contributed by atoms with E-state index in [1.54, 1.807) is 6.08 Å². The van der Waals surface area contributed by atoms with Crippen LogP contribution in [0.5, 0.6) is 5.75 Å². The van der Waals surface area contributed by atoms with Crippen LogP contribution in [0.25, 0.3) is 11.6 Å². The summed E-state index contributed by atoms with van der Waals surface area (Å²) >= 11 is 0. The Kier molecular flexibility index (Phi) is 4.99. The molecule has 3 heteroatoms. The number of carbonyl (C=O) groups is 1. The van der Waals surface area contributed by atoms with Gasteiger partial charge >= 0.3 is 5.97 Å². The zero-order valence-electron chi connectivity index (χ0n) is 13.1. The Morgan fingerprint density at radius 2 is 1.91 bits per heavy atom. The predicted molar refractivity (Wildman–Crippen MR) is 89.0 cm³/mol. The molecule has 0 aliphatic rings. The number of aliphatic carboxylic acids is 1. The van der Waals surface area contributed by atoms with Gasteiger partial charge in [-0.25, -0.2) is 4.79 Å². The molecule has 0 aromatic heterocycles. The maximum absolute atomic E-state index is 11.7. The highest BCUT2D eigenvalue weighted by atomic mass is 16.5. The zero-order chi connectivity index (χ0) is 16.1. The molecule has 0 spiro atoms. The third-order valence-corrected chi connectivity index (χ3v) is 3.43. The van der Waals surface area contributed by atoms with Crippen LogP contribution in [-0.2, 0) is 4.79 Å². The van der Waals surface area contributed by atoms with Gasteiger partial charge in [-0.05, 0) is 44.0 Å². The number of carboxylic acids is 1. The number of ether oxygens (including phenoxy) is 1. The van der Waals surface area contributed by atoms with Crippen molar-refractivity contribution in [3.05, 3.63) is 64.7 Å². The second-order valence-electron chi connectivity index (χ2n) is 5.15. The van der Waals surface area contributed by atoms with Gasteiger partial charge in [0.15, 0.2) is 0 Å². The Bertz CT molecular complexity index is 714. The van der Waals surface area contributed by atoms with Crippen molar-refractivity contribution in [1.82, 2.24) is 0 Å². The third kappa shape index (κ3) is 3.55. The van der Waals surface area contributed by atoms with E-state index in [4.69, 9.17) is 4.74 Å². The summed E-state index contributed by atoms with van der Waals surface area (Å²) in [7, 11) is 0. The highest BCUT2D eigenvalue weighted by molar-refractivity contribution is 6.21. The molecular formula is C19H20O3. The SMILES string of the molecule is CCOc1ccccc1/C=C(\C(=O)O)c1cc(C)ccc1C. The lowest BCUT2D eigenvalue weighted by Crippen LogP contribution is -2.02. The highest BCUT2D eigenvalue weighted by Crippen LogP contribution is 2.27. The largest absolute Gasteiger partial charge is 0.493 e. The van der Waals surface area contributed by atoms with Crippen molar-refractivity contribution in [2.45, 2.75) is 20.8 Å². The van der Waals surface area contributed by atoms with Crippen LogP contribution in [0.15, 0.2) is 42.5 Å². The van der Waals surface area contributed by atoms with Gasteiger partial charge in [0.25, 0.3) is 0 Å². The van der Waals surface area contributed by atoms with Gasteiger partial charge in [0, 0.05) is 5.56 Å². The third-order valence-electron chi connectivity index (χ3n) is 3.43. The fourth-order valence-electron chi connectivity index (χ4n) is 2.32. The minimum Gasteiger partial charge on any atom is -0.493 e. The first-order valence-corrected chi connectivity index (χ1v) is 7.27. The second kappa shape index (κ2) is 6.94. The first kappa shape index (κ1) is 15.8. The molecule has 0 aliphatic heterocycles. The summed E-state index contributed by atoms with van der Waals surface area (Å²) in [5.41, 5.74) is 3.74. The van der Waals surface area contributed by atoms with E-state index in [0.29, 0.717) is 12.4 Å². The van der Waals surface area contributed by atoms with Crippen LogP contribution in [0.3, 0.4) is 0 Å². The molecule has 0 saturated carbocycles. The first-order valence-electron chi connectivity index (χ1n) is 7.27. The van der Waals surface area contributed by atoms with Gasteiger partial charge in [0.1, 0.15) is 5.75 Å². The number of benzene rings is 2. The molecule has 2 aromatic rings. The molecule has 0 amide bonds. The fraction of sp³-hybridized carbons (Fsp3) is 0.211. The second-order valence-corrected chi connectivity index (χ2v) is 5.15. The number of hydrogen-bond donors (Lipinski definition) is 1. The van der Waals surface area contributed by atoms with Crippen molar-refractivity contribution in [3.63, 3.8) is 0 Å². The number of para-hydroxylation sites is 1. The van der Waals surface area contributed by atoms with Crippen LogP contribution in [0.2, 0.25) is 0 Å². The summed E-state index contributed by atoms with van der Waals surface area (Å²) in [4.78, 5) is 11.7. The van der Waals surface area contributed by atoms with Crippen LogP contribution in [0.1, 0.15) is 29.2 Å². The maximum atomic E-state index is 11.7. The maximum Gasteiger partial charge on any atom is 0.336 e. The molecule has 0 atom stereocenters. The molecule has 0 saturated heterocycles. The standard InChI is InChI=1S/C19H20O3/c1-4-22-18-8-6-5-7-15(18)12-17(19(20)21)16-11-13(2)9-10-14(16)3/h5-12H,4H2,1-3H3,(H,20,21)/b17-12-. The van der Waals surface area contributed by atoms with Gasteiger partial charge in [-0.2, -0.15) is 0 Å². The van der Waals surface area contributed by atoms with E-state index in [9.17, 15) is 9.90 Å². The smallest absolute Gasteiger partial charge is 0.336 e. The Labute approximate surface area is 130 Å². The quantitative estimate of drug-likeness (QED) is 0.660. The average Bonchev–Trinajstić information content (AvgIpc) is 2.49. The molecule has 1 N–H and O–H groups in total. The normalized spacial score (nSPS) is 11.3. The zero-order valence-corrected chi connectivity index (χ0v) is 13.1. The summed E-state index contributed by atoms with van der Waals surface area (Å²) in [6, 6.07) is 13.3. The molecule has 2 aromatic carbocycles. The number of hydrogen-bond acceptors (Lipinski definition) is 2. The summed E-state index contributed by atoms with van der Waals surface area (Å²) in [6.45, 7) is 6.32. The molecule has 0 radical (unpaired) electrons. The van der Waals surface area contributed by atoms with Crippen molar-refractivity contribution < 1.29 is 14.6 Å². The van der Waals surface area contributed by atoms with Crippen LogP contribution in [-0.4, -0.2) is 17.7 Å². The molecule has 0 bridgehead atoms. The van der Waals surface area contributed by atoms with Crippen LogP contribution >= 0.6 is 0 Å². The van der Waals surface area contributed by atoms with Gasteiger partial charge in [0.2, 0.25) is 0 Å².